The van der Waals surface area contributed by atoms with E-state index in [9.17, 15) is 33.6 Å². The molecule has 0 aromatic carbocycles. The maximum atomic E-state index is 12.8. The lowest BCUT2D eigenvalue weighted by molar-refractivity contribution is -0.187. The van der Waals surface area contributed by atoms with Crippen LogP contribution in [-0.2, 0) is 43.0 Å². The quantitative estimate of drug-likeness (QED) is 0.184. The van der Waals surface area contributed by atoms with Crippen LogP contribution in [0.15, 0.2) is 23.3 Å². The number of carboxylic acids is 1. The summed E-state index contributed by atoms with van der Waals surface area (Å²) in [6.45, 7) is 21.8. The molecule has 8 rings (SSSR count). The number of rotatable bonds is 8. The van der Waals surface area contributed by atoms with E-state index in [1.165, 1.54) is 25.0 Å². The largest absolute Gasteiger partial charge is 0.481 e. The van der Waals surface area contributed by atoms with Crippen LogP contribution in [0.5, 0.6) is 0 Å². The average molecular weight is 889 g/mol. The van der Waals surface area contributed by atoms with Gasteiger partial charge < -0.3 is 14.6 Å². The van der Waals surface area contributed by atoms with Gasteiger partial charge in [-0.25, -0.2) is 0 Å². The fraction of sp³-hybridized carbons (Fsp3) is 0.796. The summed E-state index contributed by atoms with van der Waals surface area (Å²) in [5.41, 5.74) is 0.435. The van der Waals surface area contributed by atoms with Gasteiger partial charge in [0.25, 0.3) is 0 Å². The molecular formula is C54H80O10. The molecule has 8 aliphatic rings. The molecule has 0 amide bonds. The number of carbonyl (C=O) groups is 7. The highest BCUT2D eigenvalue weighted by atomic mass is 16.6. The van der Waals surface area contributed by atoms with Crippen LogP contribution < -0.4 is 0 Å². The van der Waals surface area contributed by atoms with Crippen LogP contribution in [0.4, 0.5) is 0 Å². The topological polar surface area (TPSA) is 158 Å². The molecule has 8 aliphatic carbocycles. The van der Waals surface area contributed by atoms with Gasteiger partial charge in [0.15, 0.2) is 34.3 Å². The molecule has 6 saturated carbocycles. The van der Waals surface area contributed by atoms with Crippen LogP contribution in [0.2, 0.25) is 0 Å². The van der Waals surface area contributed by atoms with E-state index in [-0.39, 0.29) is 56.7 Å². The third-order valence-electron chi connectivity index (χ3n) is 19.6. The number of hydrogen-bond donors (Lipinski definition) is 1. The lowest BCUT2D eigenvalue weighted by Crippen LogP contribution is -2.59. The highest BCUT2D eigenvalue weighted by Crippen LogP contribution is 2.71. The minimum Gasteiger partial charge on any atom is -0.481 e. The highest BCUT2D eigenvalue weighted by Gasteiger charge is 2.70. The molecule has 1 N–H and O–H groups in total. The number of esters is 2. The Kier molecular flexibility index (Phi) is 14.3. The zero-order chi connectivity index (χ0) is 47.4. The van der Waals surface area contributed by atoms with Gasteiger partial charge in [0, 0.05) is 43.9 Å². The van der Waals surface area contributed by atoms with Crippen molar-refractivity contribution >= 4 is 41.0 Å². The first-order chi connectivity index (χ1) is 29.9. The predicted octanol–water partition coefficient (Wildman–Crippen LogP) is 11.0. The summed E-state index contributed by atoms with van der Waals surface area (Å²) in [5, 5.41) is 8.14. The second-order valence-corrected chi connectivity index (χ2v) is 22.8. The average Bonchev–Trinajstić information content (AvgIpc) is 3.68. The van der Waals surface area contributed by atoms with Crippen LogP contribution in [0, 0.1) is 69.0 Å². The SMILES string of the molecule is CC(=O)O[C@]1(C(C)=O)CC[C@H]2[C@@H]3C[C@H](C)C4=CC(=O)CC[C@]4(C)[C@H]3CC[C@@]21C.CC(=O)O[C@]1(C(C)=O)CC[C@H]2[C@@H]3C[C@H](C)C4=CC(=O)CC[C@]4(C)[C@H]3CC[C@@]21C.CCCCCC(=O)O. The first kappa shape index (κ1) is 50.0. The van der Waals surface area contributed by atoms with Crippen LogP contribution in [0.25, 0.3) is 0 Å². The molecule has 6 fully saturated rings. The Labute approximate surface area is 383 Å². The fourth-order valence-electron chi connectivity index (χ4n) is 16.6. The molecule has 0 unspecified atom stereocenters. The Balaban J connectivity index is 0.000000182. The van der Waals surface area contributed by atoms with Crippen LogP contribution >= 0.6 is 0 Å². The standard InChI is InChI=1S/2C24H34O4.C6H12O2/c2*1-14-12-18-19(22(4)9-6-17(27)13-21(14)22)7-10-23(5)20(18)8-11-24(23,15(2)25)28-16(3)26;1-2-3-4-5-6(7)8/h2*13-14,18-20H,6-12H2,1-5H3;2-5H2,1H3,(H,7,8)/t2*14-,18+,19-,20-,22+,23-,24-;/m00./s1. The van der Waals surface area contributed by atoms with Crippen molar-refractivity contribution in [1.29, 1.82) is 0 Å². The molecule has 0 aromatic rings. The van der Waals surface area contributed by atoms with E-state index in [2.05, 4.69) is 48.5 Å². The summed E-state index contributed by atoms with van der Waals surface area (Å²) < 4.78 is 11.7. The normalized spacial score (nSPS) is 42.7. The Bertz CT molecular complexity index is 1830. The first-order valence-corrected chi connectivity index (χ1v) is 25.0. The van der Waals surface area contributed by atoms with E-state index >= 15 is 0 Å². The van der Waals surface area contributed by atoms with Gasteiger partial charge in [-0.05, 0) is 168 Å². The summed E-state index contributed by atoms with van der Waals surface area (Å²) in [6, 6.07) is 0. The van der Waals surface area contributed by atoms with Crippen molar-refractivity contribution in [3.8, 4) is 0 Å². The Morgan fingerprint density at radius 3 is 1.30 bits per heavy atom. The van der Waals surface area contributed by atoms with E-state index < -0.39 is 17.2 Å². The van der Waals surface area contributed by atoms with E-state index in [0.29, 0.717) is 79.4 Å². The molecule has 0 heterocycles. The van der Waals surface area contributed by atoms with Crippen LogP contribution in [0.3, 0.4) is 0 Å². The molecule has 10 nitrogen and oxygen atoms in total. The first-order valence-electron chi connectivity index (χ1n) is 25.0. The Morgan fingerprint density at radius 1 is 0.594 bits per heavy atom. The number of unbranched alkanes of at least 4 members (excludes halogenated alkanes) is 2. The maximum absolute atomic E-state index is 12.8. The zero-order valence-electron chi connectivity index (χ0n) is 41.1. The second-order valence-electron chi connectivity index (χ2n) is 22.8. The summed E-state index contributed by atoms with van der Waals surface area (Å²) in [6.07, 6.45) is 19.7. The lowest BCUT2D eigenvalue weighted by atomic mass is 9.44. The highest BCUT2D eigenvalue weighted by molar-refractivity contribution is 5.93. The number of carboxylic acid groups (broad SMARTS) is 1. The smallest absolute Gasteiger partial charge is 0.303 e. The number of aliphatic carboxylic acids is 1. The molecule has 0 saturated heterocycles. The summed E-state index contributed by atoms with van der Waals surface area (Å²) in [5.74, 6) is 2.96. The minimum absolute atomic E-state index is 0.00469. The number of allylic oxidation sites excluding steroid dienone is 2. The van der Waals surface area contributed by atoms with E-state index in [1.54, 1.807) is 13.8 Å². The number of hydrogen-bond acceptors (Lipinski definition) is 9. The molecule has 10 heteroatoms. The zero-order valence-corrected chi connectivity index (χ0v) is 41.1. The number of fused-ring (bicyclic) bond motifs is 10. The number of Topliss-reactive ketones (excluding diaryl/α,β-unsaturated/α-hetero) is 2. The van der Waals surface area contributed by atoms with Gasteiger partial charge in [0.1, 0.15) is 0 Å². The van der Waals surface area contributed by atoms with Gasteiger partial charge in [0.05, 0.1) is 0 Å². The molecule has 0 aromatic heterocycles. The maximum Gasteiger partial charge on any atom is 0.303 e. The van der Waals surface area contributed by atoms with Crippen molar-refractivity contribution in [2.75, 3.05) is 0 Å². The summed E-state index contributed by atoms with van der Waals surface area (Å²) in [7, 11) is 0. The van der Waals surface area contributed by atoms with Crippen LogP contribution in [-0.4, -0.2) is 57.3 Å². The van der Waals surface area contributed by atoms with E-state index in [1.807, 2.05) is 12.2 Å². The van der Waals surface area contributed by atoms with Gasteiger partial charge in [-0.3, -0.25) is 33.6 Å². The molecule has 0 spiro atoms. The third-order valence-corrected chi connectivity index (χ3v) is 19.6. The monoisotopic (exact) mass is 889 g/mol. The third kappa shape index (κ3) is 8.23. The van der Waals surface area contributed by atoms with Crippen molar-refractivity contribution in [3.63, 3.8) is 0 Å². The number of ketones is 4. The van der Waals surface area contributed by atoms with Crippen molar-refractivity contribution in [1.82, 2.24) is 0 Å². The molecule has 14 atom stereocenters. The Hall–Kier alpha value is -3.43. The lowest BCUT2D eigenvalue weighted by Gasteiger charge is -2.60. The minimum atomic E-state index is -0.961. The van der Waals surface area contributed by atoms with E-state index in [4.69, 9.17) is 14.6 Å². The van der Waals surface area contributed by atoms with Crippen molar-refractivity contribution in [2.45, 2.75) is 203 Å². The molecule has 0 radical (unpaired) electrons. The molecular weight excluding hydrogens is 809 g/mol. The molecule has 0 bridgehead atoms. The molecule has 64 heavy (non-hydrogen) atoms. The molecule has 0 aliphatic heterocycles. The second kappa shape index (κ2) is 18.3. The van der Waals surface area contributed by atoms with Gasteiger partial charge in [0.2, 0.25) is 0 Å². The predicted molar refractivity (Wildman–Crippen MR) is 245 cm³/mol. The van der Waals surface area contributed by atoms with Gasteiger partial charge in [-0.15, -0.1) is 0 Å². The van der Waals surface area contributed by atoms with Gasteiger partial charge in [-0.1, -0.05) is 72.5 Å². The van der Waals surface area contributed by atoms with Crippen LogP contribution in [0.1, 0.15) is 192 Å². The van der Waals surface area contributed by atoms with Crippen molar-refractivity contribution < 1.29 is 48.1 Å². The van der Waals surface area contributed by atoms with Gasteiger partial charge >= 0.3 is 17.9 Å². The van der Waals surface area contributed by atoms with Crippen molar-refractivity contribution in [2.24, 2.45) is 69.0 Å². The summed E-state index contributed by atoms with van der Waals surface area (Å²) in [4.78, 5) is 83.5. The summed E-state index contributed by atoms with van der Waals surface area (Å²) >= 11 is 0. The van der Waals surface area contributed by atoms with Crippen molar-refractivity contribution in [3.05, 3.63) is 23.3 Å². The number of carbonyl (C=O) groups excluding carboxylic acids is 6. The molecule has 356 valence electrons. The number of ether oxygens (including phenoxy) is 2. The Morgan fingerprint density at radius 2 is 0.969 bits per heavy atom. The van der Waals surface area contributed by atoms with E-state index in [0.717, 1.165) is 83.5 Å². The fourth-order valence-corrected chi connectivity index (χ4v) is 16.6. The van der Waals surface area contributed by atoms with Gasteiger partial charge in [-0.2, -0.15) is 0 Å².